The van der Waals surface area contributed by atoms with Crippen molar-refractivity contribution in [2.24, 2.45) is 0 Å². The van der Waals surface area contributed by atoms with Crippen molar-refractivity contribution in [3.8, 4) is 11.4 Å². The van der Waals surface area contributed by atoms with E-state index in [0.29, 0.717) is 0 Å². The van der Waals surface area contributed by atoms with E-state index in [0.717, 1.165) is 16.6 Å². The first-order valence-corrected chi connectivity index (χ1v) is 7.47. The summed E-state index contributed by atoms with van der Waals surface area (Å²) in [6.45, 7) is 0. The number of hydrogen-bond donors (Lipinski definition) is 1. The molecule has 1 N–H and O–H groups in total. The van der Waals surface area contributed by atoms with Crippen LogP contribution in [0.4, 0.5) is 0 Å². The number of thioether (sulfide) groups is 1. The molecule has 0 fully saturated rings. The number of phenols is 1. The zero-order chi connectivity index (χ0) is 13.1. The highest BCUT2D eigenvalue weighted by Crippen LogP contribution is 2.24. The zero-order valence-electron chi connectivity index (χ0n) is 9.80. The van der Waals surface area contributed by atoms with Gasteiger partial charge in [-0.1, -0.05) is 11.8 Å². The van der Waals surface area contributed by atoms with Gasteiger partial charge in [0.2, 0.25) is 5.16 Å². The van der Waals surface area contributed by atoms with Gasteiger partial charge < -0.3 is 5.11 Å². The van der Waals surface area contributed by atoms with E-state index >= 15 is 0 Å². The van der Waals surface area contributed by atoms with E-state index in [9.17, 15) is 5.11 Å². The molecule has 5 nitrogen and oxygen atoms in total. The molecular weight excluding hydrogens is 280 g/mol. The normalized spacial score (nSPS) is 10.7. The molecule has 0 bridgehead atoms. The summed E-state index contributed by atoms with van der Waals surface area (Å²) in [5.41, 5.74) is 2.09. The molecule has 19 heavy (non-hydrogen) atoms. The summed E-state index contributed by atoms with van der Waals surface area (Å²) in [6.07, 6.45) is 0. The molecule has 1 aromatic carbocycles. The average molecular weight is 290 g/mol. The molecule has 3 rings (SSSR count). The van der Waals surface area contributed by atoms with E-state index in [1.165, 1.54) is 5.56 Å². The van der Waals surface area contributed by atoms with Crippen molar-refractivity contribution in [3.63, 3.8) is 0 Å². The highest BCUT2D eigenvalue weighted by molar-refractivity contribution is 7.98. The number of aromatic hydroxyl groups is 1. The molecule has 0 aliphatic rings. The molecule has 0 spiro atoms. The van der Waals surface area contributed by atoms with Gasteiger partial charge in [0.1, 0.15) is 5.75 Å². The van der Waals surface area contributed by atoms with Gasteiger partial charge in [-0.3, -0.25) is 0 Å². The summed E-state index contributed by atoms with van der Waals surface area (Å²) in [5, 5.41) is 25.9. The summed E-state index contributed by atoms with van der Waals surface area (Å²) >= 11 is 3.26. The Morgan fingerprint density at radius 1 is 1.21 bits per heavy atom. The van der Waals surface area contributed by atoms with Gasteiger partial charge in [0.05, 0.1) is 5.69 Å². The molecular formula is C12H10N4OS2. The highest BCUT2D eigenvalue weighted by Gasteiger charge is 2.09. The first-order chi connectivity index (χ1) is 9.33. The number of hydrogen-bond acceptors (Lipinski definition) is 6. The Hall–Kier alpha value is -1.86. The Bertz CT molecular complexity index is 649. The van der Waals surface area contributed by atoms with E-state index in [1.807, 2.05) is 0 Å². The summed E-state index contributed by atoms with van der Waals surface area (Å²) < 4.78 is 1.66. The number of nitrogens with zero attached hydrogens (tertiary/aromatic N) is 4. The number of tetrazole rings is 1. The quantitative estimate of drug-likeness (QED) is 0.748. The standard InChI is InChI=1S/C12H10N4OS2/c17-11-3-1-10(2-4-11)16-12(13-14-15-16)19-8-9-5-6-18-7-9/h1-7,17H,8H2. The third-order valence-electron chi connectivity index (χ3n) is 2.48. The molecule has 7 heteroatoms. The van der Waals surface area contributed by atoms with E-state index < -0.39 is 0 Å². The minimum absolute atomic E-state index is 0.226. The number of benzene rings is 1. The summed E-state index contributed by atoms with van der Waals surface area (Å²) in [5.74, 6) is 1.06. The Kier molecular flexibility index (Phi) is 3.47. The number of thiophene rings is 1. The Labute approximate surface area is 117 Å². The van der Waals surface area contributed by atoms with Crippen LogP contribution in [-0.2, 0) is 5.75 Å². The number of rotatable bonds is 4. The molecule has 0 aliphatic carbocycles. The van der Waals surface area contributed by atoms with Crippen LogP contribution in [0, 0.1) is 0 Å². The maximum Gasteiger partial charge on any atom is 0.214 e. The molecule has 0 unspecified atom stereocenters. The topological polar surface area (TPSA) is 63.8 Å². The minimum atomic E-state index is 0.226. The maximum atomic E-state index is 9.29. The molecule has 0 atom stereocenters. The first kappa shape index (κ1) is 12.2. The maximum absolute atomic E-state index is 9.29. The van der Waals surface area contributed by atoms with Gasteiger partial charge >= 0.3 is 0 Å². The first-order valence-electron chi connectivity index (χ1n) is 5.54. The average Bonchev–Trinajstić information content (AvgIpc) is 3.08. The van der Waals surface area contributed by atoms with Crippen LogP contribution in [0.1, 0.15) is 5.56 Å². The third kappa shape index (κ3) is 2.77. The number of aromatic nitrogens is 4. The van der Waals surface area contributed by atoms with Crippen molar-refractivity contribution in [2.45, 2.75) is 10.9 Å². The van der Waals surface area contributed by atoms with Crippen molar-refractivity contribution in [1.29, 1.82) is 0 Å². The molecule has 96 valence electrons. The highest BCUT2D eigenvalue weighted by atomic mass is 32.2. The SMILES string of the molecule is Oc1ccc(-n2nnnc2SCc2ccsc2)cc1. The Balaban J connectivity index is 1.80. The van der Waals surface area contributed by atoms with Crippen LogP contribution in [-0.4, -0.2) is 25.3 Å². The lowest BCUT2D eigenvalue weighted by Gasteiger charge is -2.03. The van der Waals surface area contributed by atoms with Gasteiger partial charge in [-0.25, -0.2) is 0 Å². The van der Waals surface area contributed by atoms with E-state index in [4.69, 9.17) is 0 Å². The van der Waals surface area contributed by atoms with Gasteiger partial charge in [-0.15, -0.1) is 5.10 Å². The molecule has 0 radical (unpaired) electrons. The van der Waals surface area contributed by atoms with Crippen LogP contribution in [0.3, 0.4) is 0 Å². The van der Waals surface area contributed by atoms with Crippen molar-refractivity contribution in [2.75, 3.05) is 0 Å². The van der Waals surface area contributed by atoms with Crippen LogP contribution in [0.15, 0.2) is 46.2 Å². The predicted molar refractivity (Wildman–Crippen MR) is 74.7 cm³/mol. The van der Waals surface area contributed by atoms with Gasteiger partial charge in [-0.2, -0.15) is 16.0 Å². The van der Waals surface area contributed by atoms with Crippen LogP contribution < -0.4 is 0 Å². The van der Waals surface area contributed by atoms with Crippen LogP contribution in [0.5, 0.6) is 5.75 Å². The fourth-order valence-electron chi connectivity index (χ4n) is 1.55. The lowest BCUT2D eigenvalue weighted by molar-refractivity contribution is 0.475. The van der Waals surface area contributed by atoms with E-state index in [-0.39, 0.29) is 5.75 Å². The van der Waals surface area contributed by atoms with Crippen LogP contribution >= 0.6 is 23.1 Å². The second-order valence-electron chi connectivity index (χ2n) is 3.81. The van der Waals surface area contributed by atoms with Crippen molar-refractivity contribution in [1.82, 2.24) is 20.2 Å². The van der Waals surface area contributed by atoms with E-state index in [1.54, 1.807) is 52.0 Å². The fourth-order valence-corrected chi connectivity index (χ4v) is 3.16. The largest absolute Gasteiger partial charge is 0.508 e. The number of phenolic OH excluding ortho intramolecular Hbond substituents is 1. The van der Waals surface area contributed by atoms with Gasteiger partial charge in [0.15, 0.2) is 0 Å². The summed E-state index contributed by atoms with van der Waals surface area (Å²) in [4.78, 5) is 0. The lowest BCUT2D eigenvalue weighted by atomic mass is 10.3. The second kappa shape index (κ2) is 5.41. The van der Waals surface area contributed by atoms with Gasteiger partial charge in [-0.05, 0) is 57.1 Å². The lowest BCUT2D eigenvalue weighted by Crippen LogP contribution is -1.98. The molecule has 0 saturated heterocycles. The molecule has 2 heterocycles. The smallest absolute Gasteiger partial charge is 0.214 e. The molecule has 0 saturated carbocycles. The summed E-state index contributed by atoms with van der Waals surface area (Å²) in [7, 11) is 0. The second-order valence-corrected chi connectivity index (χ2v) is 5.53. The van der Waals surface area contributed by atoms with Crippen LogP contribution in [0.2, 0.25) is 0 Å². The van der Waals surface area contributed by atoms with Gasteiger partial charge in [0, 0.05) is 5.75 Å². The molecule has 2 aromatic heterocycles. The Morgan fingerprint density at radius 2 is 2.05 bits per heavy atom. The zero-order valence-corrected chi connectivity index (χ0v) is 11.4. The predicted octanol–water partition coefficient (Wildman–Crippen LogP) is 2.72. The molecule has 3 aromatic rings. The van der Waals surface area contributed by atoms with Crippen molar-refractivity contribution < 1.29 is 5.11 Å². The third-order valence-corrected chi connectivity index (χ3v) is 4.21. The molecule has 0 amide bonds. The van der Waals surface area contributed by atoms with Crippen LogP contribution in [0.25, 0.3) is 5.69 Å². The van der Waals surface area contributed by atoms with Crippen molar-refractivity contribution in [3.05, 3.63) is 46.7 Å². The van der Waals surface area contributed by atoms with E-state index in [2.05, 4.69) is 32.4 Å². The summed E-state index contributed by atoms with van der Waals surface area (Å²) in [6, 6.07) is 8.88. The van der Waals surface area contributed by atoms with Crippen molar-refractivity contribution >= 4 is 23.1 Å². The Morgan fingerprint density at radius 3 is 2.79 bits per heavy atom. The monoisotopic (exact) mass is 290 g/mol. The minimum Gasteiger partial charge on any atom is -0.508 e. The van der Waals surface area contributed by atoms with Gasteiger partial charge in [0.25, 0.3) is 0 Å². The fraction of sp³-hybridized carbons (Fsp3) is 0.0833. The molecule has 0 aliphatic heterocycles.